The van der Waals surface area contributed by atoms with Crippen LogP contribution < -0.4 is 10.1 Å². The second kappa shape index (κ2) is 4.85. The number of para-hydroxylation sites is 1. The predicted octanol–water partition coefficient (Wildman–Crippen LogP) is 0.916. The third-order valence-electron chi connectivity index (χ3n) is 2.90. The van der Waals surface area contributed by atoms with Crippen molar-refractivity contribution in [2.45, 2.75) is 25.2 Å². The zero-order valence-electron chi connectivity index (χ0n) is 10.0. The highest BCUT2D eigenvalue weighted by molar-refractivity contribution is 7.80. The number of ether oxygens (including phenoxy) is 1. The zero-order valence-corrected chi connectivity index (χ0v) is 10.8. The van der Waals surface area contributed by atoms with E-state index in [9.17, 15) is 8.42 Å². The van der Waals surface area contributed by atoms with E-state index in [4.69, 9.17) is 13.5 Å². The molecule has 0 aliphatic carbocycles. The summed E-state index contributed by atoms with van der Waals surface area (Å²) in [6.45, 7) is 1.69. The SMILES string of the molecule is CN[C@H]1c2ccccc2O[C@@H](C)[C@@H]1OS(=O)(=O)O. The molecule has 0 spiro atoms. The molecule has 0 saturated heterocycles. The van der Waals surface area contributed by atoms with Crippen molar-refractivity contribution in [1.82, 2.24) is 5.32 Å². The maximum Gasteiger partial charge on any atom is 0.397 e. The van der Waals surface area contributed by atoms with Crippen molar-refractivity contribution in [2.75, 3.05) is 7.05 Å². The van der Waals surface area contributed by atoms with E-state index in [1.807, 2.05) is 18.2 Å². The second-order valence-electron chi connectivity index (χ2n) is 4.12. The van der Waals surface area contributed by atoms with Crippen LogP contribution in [0.3, 0.4) is 0 Å². The number of fused-ring (bicyclic) bond motifs is 1. The van der Waals surface area contributed by atoms with Crippen LogP contribution in [0.2, 0.25) is 0 Å². The highest BCUT2D eigenvalue weighted by atomic mass is 32.3. The van der Waals surface area contributed by atoms with E-state index in [-0.39, 0.29) is 6.04 Å². The Morgan fingerprint density at radius 3 is 2.67 bits per heavy atom. The summed E-state index contributed by atoms with van der Waals surface area (Å²) in [5, 5.41) is 2.98. The molecule has 3 atom stereocenters. The number of likely N-dealkylation sites (N-methyl/N-ethyl adjacent to an activating group) is 1. The molecule has 0 amide bonds. The van der Waals surface area contributed by atoms with E-state index in [0.29, 0.717) is 5.75 Å². The molecule has 0 aromatic heterocycles. The summed E-state index contributed by atoms with van der Waals surface area (Å²) in [5.74, 6) is 0.680. The molecule has 0 fully saturated rings. The van der Waals surface area contributed by atoms with Gasteiger partial charge in [-0.15, -0.1) is 0 Å². The molecule has 1 aliphatic heterocycles. The van der Waals surface area contributed by atoms with Crippen LogP contribution >= 0.6 is 0 Å². The van der Waals surface area contributed by atoms with Crippen molar-refractivity contribution >= 4 is 10.4 Å². The fraction of sp³-hybridized carbons (Fsp3) is 0.455. The molecule has 1 heterocycles. The van der Waals surface area contributed by atoms with Crippen molar-refractivity contribution < 1.29 is 21.9 Å². The topological polar surface area (TPSA) is 84.9 Å². The lowest BCUT2D eigenvalue weighted by Gasteiger charge is -2.36. The number of rotatable bonds is 3. The molecule has 1 aliphatic rings. The molecule has 0 saturated carbocycles. The van der Waals surface area contributed by atoms with Gasteiger partial charge >= 0.3 is 10.4 Å². The minimum Gasteiger partial charge on any atom is -0.488 e. The van der Waals surface area contributed by atoms with Gasteiger partial charge in [0.1, 0.15) is 18.0 Å². The maximum absolute atomic E-state index is 10.9. The van der Waals surface area contributed by atoms with Gasteiger partial charge in [0.05, 0.1) is 6.04 Å². The molecule has 0 unspecified atom stereocenters. The van der Waals surface area contributed by atoms with Crippen molar-refractivity contribution in [2.24, 2.45) is 0 Å². The quantitative estimate of drug-likeness (QED) is 0.796. The van der Waals surface area contributed by atoms with Crippen LogP contribution in [0.4, 0.5) is 0 Å². The van der Waals surface area contributed by atoms with Crippen LogP contribution in [0.1, 0.15) is 18.5 Å². The van der Waals surface area contributed by atoms with Gasteiger partial charge in [-0.25, -0.2) is 4.18 Å². The molecule has 6 nitrogen and oxygen atoms in total. The van der Waals surface area contributed by atoms with Crippen LogP contribution in [0, 0.1) is 0 Å². The first-order valence-corrected chi connectivity index (χ1v) is 6.87. The lowest BCUT2D eigenvalue weighted by atomic mass is 9.94. The molecule has 7 heteroatoms. The molecule has 0 radical (unpaired) electrons. The first-order chi connectivity index (χ1) is 8.42. The Kier molecular flexibility index (Phi) is 3.58. The van der Waals surface area contributed by atoms with Crippen molar-refractivity contribution in [3.8, 4) is 5.75 Å². The summed E-state index contributed by atoms with van der Waals surface area (Å²) in [5.41, 5.74) is 0.798. The molecule has 18 heavy (non-hydrogen) atoms. The Hall–Kier alpha value is -1.15. The van der Waals surface area contributed by atoms with E-state index >= 15 is 0 Å². The summed E-state index contributed by atoms with van der Waals surface area (Å²) >= 11 is 0. The minimum atomic E-state index is -4.52. The van der Waals surface area contributed by atoms with Crippen molar-refractivity contribution in [3.63, 3.8) is 0 Å². The van der Waals surface area contributed by atoms with E-state index in [2.05, 4.69) is 5.32 Å². The predicted molar refractivity (Wildman–Crippen MR) is 64.8 cm³/mol. The van der Waals surface area contributed by atoms with Gasteiger partial charge in [0.15, 0.2) is 0 Å². The maximum atomic E-state index is 10.9. The Bertz CT molecular complexity index is 530. The van der Waals surface area contributed by atoms with Gasteiger partial charge in [0.2, 0.25) is 0 Å². The Morgan fingerprint density at radius 1 is 1.39 bits per heavy atom. The lowest BCUT2D eigenvalue weighted by molar-refractivity contribution is 0.0189. The first kappa shape index (κ1) is 13.3. The molecule has 100 valence electrons. The number of hydrogen-bond donors (Lipinski definition) is 2. The van der Waals surface area contributed by atoms with E-state index in [1.165, 1.54) is 0 Å². The Morgan fingerprint density at radius 2 is 2.06 bits per heavy atom. The highest BCUT2D eigenvalue weighted by Crippen LogP contribution is 2.36. The van der Waals surface area contributed by atoms with Gasteiger partial charge in [-0.3, -0.25) is 4.55 Å². The summed E-state index contributed by atoms with van der Waals surface area (Å²) in [4.78, 5) is 0. The monoisotopic (exact) mass is 273 g/mol. The minimum absolute atomic E-state index is 0.369. The average Bonchev–Trinajstić information content (AvgIpc) is 2.28. The van der Waals surface area contributed by atoms with Crippen LogP contribution in [0.25, 0.3) is 0 Å². The first-order valence-electron chi connectivity index (χ1n) is 5.51. The van der Waals surface area contributed by atoms with Crippen molar-refractivity contribution in [3.05, 3.63) is 29.8 Å². The molecule has 1 aromatic carbocycles. The van der Waals surface area contributed by atoms with Crippen LogP contribution in [0.5, 0.6) is 5.75 Å². The van der Waals surface area contributed by atoms with Crippen LogP contribution in [-0.4, -0.2) is 32.2 Å². The van der Waals surface area contributed by atoms with Crippen LogP contribution in [-0.2, 0) is 14.6 Å². The molecular formula is C11H15NO5S. The molecule has 0 bridgehead atoms. The summed E-state index contributed by atoms with van der Waals surface area (Å²) in [6.07, 6.45) is -1.32. The van der Waals surface area contributed by atoms with E-state index < -0.39 is 22.6 Å². The van der Waals surface area contributed by atoms with Crippen LogP contribution in [0.15, 0.2) is 24.3 Å². The number of benzene rings is 1. The van der Waals surface area contributed by atoms with Crippen molar-refractivity contribution in [1.29, 1.82) is 0 Å². The molecule has 1 aromatic rings. The summed E-state index contributed by atoms with van der Waals surface area (Å²) in [6, 6.07) is 6.92. The highest BCUT2D eigenvalue weighted by Gasteiger charge is 2.38. The van der Waals surface area contributed by atoms with Gasteiger partial charge in [-0.2, -0.15) is 8.42 Å². The second-order valence-corrected chi connectivity index (χ2v) is 5.16. The fourth-order valence-corrected chi connectivity index (χ4v) is 2.70. The number of nitrogens with one attached hydrogen (secondary N) is 1. The van der Waals surface area contributed by atoms with Gasteiger partial charge in [-0.05, 0) is 20.0 Å². The van der Waals surface area contributed by atoms with Gasteiger partial charge in [0.25, 0.3) is 0 Å². The smallest absolute Gasteiger partial charge is 0.397 e. The van der Waals surface area contributed by atoms with Gasteiger partial charge < -0.3 is 10.1 Å². The normalized spacial score (nSPS) is 27.4. The third kappa shape index (κ3) is 2.64. The molecular weight excluding hydrogens is 258 g/mol. The van der Waals surface area contributed by atoms with Gasteiger partial charge in [-0.1, -0.05) is 18.2 Å². The largest absolute Gasteiger partial charge is 0.488 e. The molecule has 2 rings (SSSR count). The van der Waals surface area contributed by atoms with E-state index in [1.54, 1.807) is 20.0 Å². The standard InChI is InChI=1S/C11H15NO5S/c1-7-11(17-18(13,14)15)10(12-2)8-5-3-4-6-9(8)16-7/h3-7,10-12H,1-2H3,(H,13,14,15)/t7-,10-,11-/m0/s1. The lowest BCUT2D eigenvalue weighted by Crippen LogP contribution is -2.46. The van der Waals surface area contributed by atoms with Gasteiger partial charge in [0, 0.05) is 5.56 Å². The zero-order chi connectivity index (χ0) is 13.3. The average molecular weight is 273 g/mol. The van der Waals surface area contributed by atoms with E-state index in [0.717, 1.165) is 5.56 Å². The Labute approximate surface area is 106 Å². The number of hydrogen-bond acceptors (Lipinski definition) is 5. The molecule has 2 N–H and O–H groups in total. The summed E-state index contributed by atoms with van der Waals surface area (Å²) in [7, 11) is -2.83. The summed E-state index contributed by atoms with van der Waals surface area (Å²) < 4.78 is 40.8. The third-order valence-corrected chi connectivity index (χ3v) is 3.37. The Balaban J connectivity index is 2.38. The fourth-order valence-electron chi connectivity index (χ4n) is 2.15.